The fraction of sp³-hybridized carbons (Fsp3) is 0.600. The van der Waals surface area contributed by atoms with Gasteiger partial charge in [0.15, 0.2) is 0 Å². The fourth-order valence-electron chi connectivity index (χ4n) is 3.12. The minimum Gasteiger partial charge on any atom is -0.385 e. The van der Waals surface area contributed by atoms with E-state index in [9.17, 15) is 4.79 Å². The van der Waals surface area contributed by atoms with E-state index in [4.69, 9.17) is 4.98 Å². The summed E-state index contributed by atoms with van der Waals surface area (Å²) >= 11 is 0. The van der Waals surface area contributed by atoms with E-state index in [1.807, 2.05) is 13.8 Å². The van der Waals surface area contributed by atoms with Gasteiger partial charge in [-0.05, 0) is 63.6 Å². The molecule has 3 heterocycles. The van der Waals surface area contributed by atoms with Crippen LogP contribution in [0.1, 0.15) is 75.4 Å². The van der Waals surface area contributed by atoms with E-state index in [0.29, 0.717) is 0 Å². The average Bonchev–Trinajstić information content (AvgIpc) is 2.82. The van der Waals surface area contributed by atoms with Gasteiger partial charge in [-0.25, -0.2) is 15.0 Å². The summed E-state index contributed by atoms with van der Waals surface area (Å²) in [6.07, 6.45) is 16.0. The van der Waals surface area contributed by atoms with Crippen molar-refractivity contribution in [2.24, 2.45) is 0 Å². The number of aromatic nitrogens is 3. The number of pyridine rings is 1. The predicted octanol–water partition coefficient (Wildman–Crippen LogP) is 5.35. The van der Waals surface area contributed by atoms with E-state index in [1.165, 1.54) is 49.8 Å². The highest BCUT2D eigenvalue weighted by molar-refractivity contribution is 5.49. The molecule has 6 heteroatoms. The number of nitrogens with zero attached hydrogens (tertiary/aromatic N) is 3. The van der Waals surface area contributed by atoms with Crippen LogP contribution in [0.3, 0.4) is 0 Å². The van der Waals surface area contributed by atoms with E-state index in [2.05, 4.69) is 32.2 Å². The third kappa shape index (κ3) is 13.6. The van der Waals surface area contributed by atoms with Gasteiger partial charge in [0.2, 0.25) is 0 Å². The fourth-order valence-corrected chi connectivity index (χ4v) is 3.12. The molecule has 3 rings (SSSR count). The molecule has 1 N–H and O–H groups in total. The zero-order chi connectivity index (χ0) is 22.6. The van der Waals surface area contributed by atoms with E-state index in [0.717, 1.165) is 56.8 Å². The van der Waals surface area contributed by atoms with Gasteiger partial charge in [0, 0.05) is 44.8 Å². The summed E-state index contributed by atoms with van der Waals surface area (Å²) in [6, 6.07) is 6.23. The SMILES string of the molecule is CCOC.Cc1ncccn1.O=CCCCCCCCCc1ccc2c(n1)NCCC2. The number of hydrogen-bond acceptors (Lipinski definition) is 6. The maximum absolute atomic E-state index is 10.2. The summed E-state index contributed by atoms with van der Waals surface area (Å²) in [5.74, 6) is 1.94. The largest absolute Gasteiger partial charge is 0.385 e. The lowest BCUT2D eigenvalue weighted by Gasteiger charge is -2.17. The van der Waals surface area contributed by atoms with Crippen LogP contribution in [0.15, 0.2) is 30.6 Å². The summed E-state index contributed by atoms with van der Waals surface area (Å²) < 4.78 is 4.54. The van der Waals surface area contributed by atoms with Gasteiger partial charge in [-0.2, -0.15) is 0 Å². The van der Waals surface area contributed by atoms with Crippen molar-refractivity contribution in [3.8, 4) is 0 Å². The summed E-state index contributed by atoms with van der Waals surface area (Å²) in [6.45, 7) is 5.70. The molecule has 0 spiro atoms. The Bertz CT molecular complexity index is 693. The lowest BCUT2D eigenvalue weighted by Crippen LogP contribution is -2.13. The number of carbonyl (C=O) groups is 1. The van der Waals surface area contributed by atoms with E-state index < -0.39 is 0 Å². The van der Waals surface area contributed by atoms with Crippen molar-refractivity contribution < 1.29 is 9.53 Å². The molecule has 31 heavy (non-hydrogen) atoms. The maximum atomic E-state index is 10.2. The van der Waals surface area contributed by atoms with Crippen LogP contribution in [0, 0.1) is 6.92 Å². The van der Waals surface area contributed by atoms with Crippen LogP contribution < -0.4 is 5.32 Å². The highest BCUT2D eigenvalue weighted by Crippen LogP contribution is 2.20. The molecule has 0 atom stereocenters. The zero-order valence-electron chi connectivity index (χ0n) is 19.6. The maximum Gasteiger partial charge on any atom is 0.129 e. The van der Waals surface area contributed by atoms with Crippen LogP contribution in [0.4, 0.5) is 5.82 Å². The van der Waals surface area contributed by atoms with Gasteiger partial charge < -0.3 is 14.8 Å². The third-order valence-electron chi connectivity index (χ3n) is 4.94. The van der Waals surface area contributed by atoms with Crippen molar-refractivity contribution in [2.75, 3.05) is 25.6 Å². The number of carbonyl (C=O) groups excluding carboxylic acids is 1. The van der Waals surface area contributed by atoms with Crippen molar-refractivity contribution in [2.45, 2.75) is 78.1 Å². The highest BCUT2D eigenvalue weighted by Gasteiger charge is 2.09. The molecule has 6 nitrogen and oxygen atoms in total. The van der Waals surface area contributed by atoms with E-state index in [1.54, 1.807) is 25.6 Å². The molecule has 1 aliphatic heterocycles. The Balaban J connectivity index is 0.000000358. The Morgan fingerprint density at radius 3 is 2.35 bits per heavy atom. The first-order chi connectivity index (χ1) is 15.2. The number of anilines is 1. The average molecular weight is 429 g/mol. The number of fused-ring (bicyclic) bond motifs is 1. The second kappa shape index (κ2) is 18.4. The number of methoxy groups -OCH3 is 1. The van der Waals surface area contributed by atoms with Crippen LogP contribution in [-0.4, -0.2) is 41.5 Å². The first kappa shape index (κ1) is 26.7. The van der Waals surface area contributed by atoms with Crippen molar-refractivity contribution in [3.05, 3.63) is 47.7 Å². The van der Waals surface area contributed by atoms with Crippen LogP contribution >= 0.6 is 0 Å². The van der Waals surface area contributed by atoms with Crippen molar-refractivity contribution in [1.29, 1.82) is 0 Å². The molecule has 2 aromatic heterocycles. The number of aldehydes is 1. The van der Waals surface area contributed by atoms with Crippen LogP contribution in [0.2, 0.25) is 0 Å². The molecule has 0 saturated heterocycles. The van der Waals surface area contributed by atoms with Crippen molar-refractivity contribution in [3.63, 3.8) is 0 Å². The molecule has 0 aliphatic carbocycles. The topological polar surface area (TPSA) is 77.0 Å². The molecule has 172 valence electrons. The Morgan fingerprint density at radius 2 is 1.74 bits per heavy atom. The number of unbranched alkanes of at least 4 members (excludes halogenated alkanes) is 6. The number of aryl methyl sites for hydroxylation is 3. The monoisotopic (exact) mass is 428 g/mol. The number of ether oxygens (including phenoxy) is 1. The smallest absolute Gasteiger partial charge is 0.129 e. The van der Waals surface area contributed by atoms with Gasteiger partial charge in [-0.3, -0.25) is 0 Å². The molecule has 0 amide bonds. The van der Waals surface area contributed by atoms with Crippen LogP contribution in [0.5, 0.6) is 0 Å². The van der Waals surface area contributed by atoms with E-state index in [-0.39, 0.29) is 0 Å². The molecular formula is C25H40N4O2. The third-order valence-corrected chi connectivity index (χ3v) is 4.94. The second-order valence-electron chi connectivity index (χ2n) is 7.54. The van der Waals surface area contributed by atoms with Gasteiger partial charge >= 0.3 is 0 Å². The van der Waals surface area contributed by atoms with Gasteiger partial charge in [0.25, 0.3) is 0 Å². The minimum absolute atomic E-state index is 0.728. The standard InChI is InChI=1S/C17H26N2O.C5H6N2.C3H8O/c20-14-7-5-3-1-2-4-6-10-16-12-11-15-9-8-13-18-17(15)19-16;1-5-6-3-2-4-7-5;1-3-4-2/h11-12,14H,1-10,13H2,(H,18,19);2-4H,1H3;3H2,1-2H3. The van der Waals surface area contributed by atoms with Crippen molar-refractivity contribution >= 4 is 12.1 Å². The van der Waals surface area contributed by atoms with Crippen molar-refractivity contribution in [1.82, 2.24) is 15.0 Å². The molecule has 0 aromatic carbocycles. The number of rotatable bonds is 10. The zero-order valence-corrected chi connectivity index (χ0v) is 19.6. The quantitative estimate of drug-likeness (QED) is 0.406. The summed E-state index contributed by atoms with van der Waals surface area (Å²) in [5, 5.41) is 3.39. The predicted molar refractivity (Wildman–Crippen MR) is 127 cm³/mol. The van der Waals surface area contributed by atoms with Crippen LogP contribution in [-0.2, 0) is 22.4 Å². The minimum atomic E-state index is 0.728. The second-order valence-corrected chi connectivity index (χ2v) is 7.54. The molecule has 0 saturated carbocycles. The molecule has 0 unspecified atom stereocenters. The Labute approximate surface area is 188 Å². The molecule has 0 radical (unpaired) electrons. The Kier molecular flexibility index (Phi) is 15.9. The number of hydrogen-bond donors (Lipinski definition) is 1. The summed E-state index contributed by atoms with van der Waals surface area (Å²) in [4.78, 5) is 22.6. The lowest BCUT2D eigenvalue weighted by molar-refractivity contribution is -0.107. The normalized spacial score (nSPS) is 11.7. The molecule has 2 aromatic rings. The van der Waals surface area contributed by atoms with Gasteiger partial charge in [-0.15, -0.1) is 0 Å². The first-order valence-corrected chi connectivity index (χ1v) is 11.6. The molecule has 1 aliphatic rings. The first-order valence-electron chi connectivity index (χ1n) is 11.6. The number of nitrogens with one attached hydrogen (secondary N) is 1. The van der Waals surface area contributed by atoms with E-state index >= 15 is 0 Å². The molecule has 0 bridgehead atoms. The lowest BCUT2D eigenvalue weighted by atomic mass is 10.0. The highest BCUT2D eigenvalue weighted by atomic mass is 16.5. The van der Waals surface area contributed by atoms with Gasteiger partial charge in [-0.1, -0.05) is 31.7 Å². The summed E-state index contributed by atoms with van der Waals surface area (Å²) in [7, 11) is 1.68. The van der Waals surface area contributed by atoms with Gasteiger partial charge in [0.05, 0.1) is 0 Å². The van der Waals surface area contributed by atoms with Gasteiger partial charge in [0.1, 0.15) is 17.9 Å². The Hall–Kier alpha value is -2.34. The molecular weight excluding hydrogens is 388 g/mol. The Morgan fingerprint density at radius 1 is 1.06 bits per heavy atom. The summed E-state index contributed by atoms with van der Waals surface area (Å²) in [5.41, 5.74) is 2.59. The molecule has 0 fully saturated rings. The van der Waals surface area contributed by atoms with Crippen LogP contribution in [0.25, 0.3) is 0 Å².